The fourth-order valence-corrected chi connectivity index (χ4v) is 4.94. The van der Waals surface area contributed by atoms with Crippen molar-refractivity contribution in [3.05, 3.63) is 64.7 Å². The van der Waals surface area contributed by atoms with Gasteiger partial charge in [0.1, 0.15) is 5.84 Å². The van der Waals surface area contributed by atoms with Crippen molar-refractivity contribution in [3.8, 4) is 0 Å². The Kier molecular flexibility index (Phi) is 8.61. The Morgan fingerprint density at radius 3 is 2.51 bits per heavy atom. The zero-order chi connectivity index (χ0) is 26.4. The van der Waals surface area contributed by atoms with Crippen LogP contribution in [-0.4, -0.2) is 59.7 Å². The van der Waals surface area contributed by atoms with E-state index in [9.17, 15) is 9.59 Å². The van der Waals surface area contributed by atoms with Crippen LogP contribution in [0.5, 0.6) is 0 Å². The average Bonchev–Trinajstić information content (AvgIpc) is 3.29. The van der Waals surface area contributed by atoms with Gasteiger partial charge in [-0.1, -0.05) is 32.0 Å². The van der Waals surface area contributed by atoms with Crippen molar-refractivity contribution >= 4 is 35.1 Å². The number of hydrogen-bond donors (Lipinski definition) is 3. The van der Waals surface area contributed by atoms with E-state index in [1.54, 1.807) is 6.07 Å². The first-order valence-electron chi connectivity index (χ1n) is 13.2. The number of rotatable bonds is 9. The van der Waals surface area contributed by atoms with Gasteiger partial charge in [0.15, 0.2) is 0 Å². The van der Waals surface area contributed by atoms with Crippen LogP contribution < -0.4 is 16.8 Å². The van der Waals surface area contributed by atoms with Crippen LogP contribution in [0.3, 0.4) is 0 Å². The molecule has 0 radical (unpaired) electrons. The smallest absolute Gasteiger partial charge is 0.254 e. The molecule has 0 saturated carbocycles. The summed E-state index contributed by atoms with van der Waals surface area (Å²) in [6.45, 7) is 7.40. The van der Waals surface area contributed by atoms with Gasteiger partial charge in [-0.15, -0.1) is 0 Å². The number of fused-ring (bicyclic) bond motifs is 1. The second-order valence-corrected chi connectivity index (χ2v) is 9.80. The third-order valence-corrected chi connectivity index (χ3v) is 6.83. The van der Waals surface area contributed by atoms with E-state index in [1.807, 2.05) is 52.3 Å². The van der Waals surface area contributed by atoms with Crippen molar-refractivity contribution in [3.63, 3.8) is 0 Å². The van der Waals surface area contributed by atoms with Crippen LogP contribution in [0.15, 0.2) is 53.0 Å². The number of carbonyl (C=O) groups excluding carboxylic acids is 2. The minimum atomic E-state index is -0.0269. The van der Waals surface area contributed by atoms with Gasteiger partial charge in [0.2, 0.25) is 5.91 Å². The highest BCUT2D eigenvalue weighted by molar-refractivity contribution is 6.06. The molecule has 2 heterocycles. The molecule has 37 heavy (non-hydrogen) atoms. The normalized spacial score (nSPS) is 16.9. The molecule has 1 unspecified atom stereocenters. The van der Waals surface area contributed by atoms with Crippen LogP contribution in [0, 0.1) is 0 Å². The summed E-state index contributed by atoms with van der Waals surface area (Å²) in [6.07, 6.45) is 4.85. The summed E-state index contributed by atoms with van der Waals surface area (Å²) in [6, 6.07) is 13.7. The topological polar surface area (TPSA) is 117 Å². The lowest BCUT2D eigenvalue weighted by Crippen LogP contribution is -2.34. The summed E-state index contributed by atoms with van der Waals surface area (Å²) < 4.78 is 0. The molecule has 2 amide bonds. The number of nitrogens with one attached hydrogen (secondary N) is 1. The number of amides is 2. The van der Waals surface area contributed by atoms with Gasteiger partial charge in [-0.25, -0.2) is 4.99 Å². The van der Waals surface area contributed by atoms with Crippen LogP contribution in [-0.2, 0) is 11.3 Å². The van der Waals surface area contributed by atoms with Crippen molar-refractivity contribution in [1.29, 1.82) is 0 Å². The number of amidine groups is 1. The second kappa shape index (κ2) is 12.1. The highest BCUT2D eigenvalue weighted by atomic mass is 16.2. The average molecular weight is 503 g/mol. The zero-order valence-corrected chi connectivity index (χ0v) is 21.9. The molecule has 2 aromatic rings. The number of likely N-dealkylation sites (tertiary alicyclic amines) is 1. The molecular weight excluding hydrogens is 464 g/mol. The second-order valence-electron chi connectivity index (χ2n) is 9.80. The Bertz CT molecular complexity index is 1180. The fraction of sp³-hybridized carbons (Fsp3) is 0.414. The molecule has 1 fully saturated rings. The molecule has 0 aromatic heterocycles. The molecule has 196 valence electrons. The third kappa shape index (κ3) is 6.38. The molecule has 2 aliphatic rings. The fourth-order valence-electron chi connectivity index (χ4n) is 4.94. The lowest BCUT2D eigenvalue weighted by atomic mass is 10.0. The largest absolute Gasteiger partial charge is 0.387 e. The number of nitrogens with two attached hydrogens (primary N) is 2. The van der Waals surface area contributed by atoms with Gasteiger partial charge in [-0.05, 0) is 55.2 Å². The molecule has 0 bridgehead atoms. The Balaban J connectivity index is 1.47. The van der Waals surface area contributed by atoms with Gasteiger partial charge in [0.25, 0.3) is 5.91 Å². The van der Waals surface area contributed by atoms with Crippen LogP contribution in [0.25, 0.3) is 6.08 Å². The van der Waals surface area contributed by atoms with Crippen molar-refractivity contribution < 1.29 is 9.59 Å². The molecule has 2 aliphatic heterocycles. The SMILES string of the molecule is CCCN(CCC)C(=O)C1=Cc2ccc(C(=O)N3CCC(Nc4ccc(CN)cc4)C3)cc2N=C(N)C1. The van der Waals surface area contributed by atoms with E-state index in [2.05, 4.69) is 24.2 Å². The van der Waals surface area contributed by atoms with Crippen molar-refractivity contribution in [2.75, 3.05) is 31.5 Å². The number of anilines is 1. The number of aliphatic imine (C=N–C) groups is 1. The van der Waals surface area contributed by atoms with Crippen molar-refractivity contribution in [1.82, 2.24) is 9.80 Å². The maximum atomic E-state index is 13.3. The first-order valence-corrected chi connectivity index (χ1v) is 13.2. The number of hydrogen-bond acceptors (Lipinski definition) is 6. The summed E-state index contributed by atoms with van der Waals surface area (Å²) in [4.78, 5) is 34.8. The Morgan fingerprint density at radius 2 is 1.84 bits per heavy atom. The Morgan fingerprint density at radius 1 is 1.11 bits per heavy atom. The zero-order valence-electron chi connectivity index (χ0n) is 21.9. The first-order chi connectivity index (χ1) is 17.9. The predicted octanol–water partition coefficient (Wildman–Crippen LogP) is 3.90. The van der Waals surface area contributed by atoms with E-state index in [0.717, 1.165) is 36.1 Å². The summed E-state index contributed by atoms with van der Waals surface area (Å²) >= 11 is 0. The number of carbonyl (C=O) groups is 2. The first kappa shape index (κ1) is 26.4. The Labute approximate surface area is 219 Å². The van der Waals surface area contributed by atoms with Crippen LogP contribution in [0.1, 0.15) is 61.0 Å². The van der Waals surface area contributed by atoms with Gasteiger partial charge in [-0.3, -0.25) is 9.59 Å². The summed E-state index contributed by atoms with van der Waals surface area (Å²) in [7, 11) is 0. The molecule has 0 spiro atoms. The molecule has 4 rings (SSSR count). The summed E-state index contributed by atoms with van der Waals surface area (Å²) in [5.74, 6) is 0.353. The van der Waals surface area contributed by atoms with Gasteiger partial charge in [0.05, 0.1) is 5.69 Å². The summed E-state index contributed by atoms with van der Waals surface area (Å²) in [5, 5.41) is 3.52. The van der Waals surface area contributed by atoms with Crippen molar-refractivity contribution in [2.45, 2.75) is 52.1 Å². The lowest BCUT2D eigenvalue weighted by molar-refractivity contribution is -0.127. The van der Waals surface area contributed by atoms with E-state index in [4.69, 9.17) is 11.5 Å². The minimum absolute atomic E-state index is 0.00290. The molecular formula is C29H38N6O2. The monoisotopic (exact) mass is 502 g/mol. The highest BCUT2D eigenvalue weighted by Gasteiger charge is 2.28. The predicted molar refractivity (Wildman–Crippen MR) is 150 cm³/mol. The van der Waals surface area contributed by atoms with E-state index in [-0.39, 0.29) is 17.9 Å². The van der Waals surface area contributed by atoms with Gasteiger partial charge < -0.3 is 26.6 Å². The van der Waals surface area contributed by atoms with Gasteiger partial charge in [0, 0.05) is 67.6 Å². The summed E-state index contributed by atoms with van der Waals surface area (Å²) in [5.41, 5.74) is 16.6. The van der Waals surface area contributed by atoms with Gasteiger partial charge >= 0.3 is 0 Å². The van der Waals surface area contributed by atoms with Crippen LogP contribution in [0.2, 0.25) is 0 Å². The molecule has 8 nitrogen and oxygen atoms in total. The molecule has 8 heteroatoms. The van der Waals surface area contributed by atoms with E-state index in [1.165, 1.54) is 0 Å². The van der Waals surface area contributed by atoms with Crippen LogP contribution >= 0.6 is 0 Å². The molecule has 1 saturated heterocycles. The molecule has 5 N–H and O–H groups in total. The maximum Gasteiger partial charge on any atom is 0.254 e. The number of nitrogens with zero attached hydrogens (tertiary/aromatic N) is 3. The molecule has 1 atom stereocenters. The van der Waals surface area contributed by atoms with E-state index in [0.29, 0.717) is 61.8 Å². The third-order valence-electron chi connectivity index (χ3n) is 6.83. The van der Waals surface area contributed by atoms with E-state index >= 15 is 0 Å². The minimum Gasteiger partial charge on any atom is -0.387 e. The molecule has 2 aromatic carbocycles. The van der Waals surface area contributed by atoms with E-state index < -0.39 is 0 Å². The quantitative estimate of drug-likeness (QED) is 0.481. The highest BCUT2D eigenvalue weighted by Crippen LogP contribution is 2.29. The standard InChI is InChI=1S/C29H38N6O2/c1-3-12-34(13-4-2)29(37)23-15-21-7-8-22(16-26(21)33-27(31)17-23)28(36)35-14-11-25(19-35)32-24-9-5-20(18-30)6-10-24/h5-10,15-16,25,32H,3-4,11-14,17-19,30H2,1-2H3,(H2,31,33). The lowest BCUT2D eigenvalue weighted by Gasteiger charge is -2.22. The van der Waals surface area contributed by atoms with Crippen LogP contribution in [0.4, 0.5) is 11.4 Å². The number of benzene rings is 2. The van der Waals surface area contributed by atoms with Crippen molar-refractivity contribution in [2.24, 2.45) is 16.5 Å². The van der Waals surface area contributed by atoms with Gasteiger partial charge in [-0.2, -0.15) is 0 Å². The maximum absolute atomic E-state index is 13.3. The Hall–Kier alpha value is -3.65. The molecule has 0 aliphatic carbocycles.